The van der Waals surface area contributed by atoms with E-state index < -0.39 is 0 Å². The van der Waals surface area contributed by atoms with E-state index in [0.29, 0.717) is 36.1 Å². The first-order valence-electron chi connectivity index (χ1n) is 11.0. The average Bonchev–Trinajstić information content (AvgIpc) is 2.89. The molecule has 0 aromatic carbocycles. The van der Waals surface area contributed by atoms with Crippen molar-refractivity contribution in [3.05, 3.63) is 97.6 Å². The fourth-order valence-corrected chi connectivity index (χ4v) is 3.47. The molecule has 0 fully saturated rings. The maximum atomic E-state index is 13.1. The van der Waals surface area contributed by atoms with Crippen LogP contribution in [0.1, 0.15) is 25.7 Å². The SMILES string of the molecule is O=C(CCCCC(=O)N(c1ccccn1)c1ccccn1)N(c1ccccn1)c1ccccn1. The molecule has 0 N–H and O–H groups in total. The summed E-state index contributed by atoms with van der Waals surface area (Å²) < 4.78 is 0. The number of amides is 2. The quantitative estimate of drug-likeness (QED) is 0.337. The highest BCUT2D eigenvalue weighted by Gasteiger charge is 2.22. The van der Waals surface area contributed by atoms with Crippen molar-refractivity contribution < 1.29 is 9.59 Å². The van der Waals surface area contributed by atoms with Gasteiger partial charge in [0.25, 0.3) is 0 Å². The van der Waals surface area contributed by atoms with Gasteiger partial charge in [0.05, 0.1) is 0 Å². The molecule has 4 heterocycles. The van der Waals surface area contributed by atoms with Gasteiger partial charge in [0, 0.05) is 37.6 Å². The number of hydrogen-bond acceptors (Lipinski definition) is 6. The van der Waals surface area contributed by atoms with Crippen LogP contribution in [0.5, 0.6) is 0 Å². The summed E-state index contributed by atoms with van der Waals surface area (Å²) in [6, 6.07) is 21.6. The van der Waals surface area contributed by atoms with Gasteiger partial charge in [0.15, 0.2) is 0 Å². The third-order valence-electron chi connectivity index (χ3n) is 5.04. The van der Waals surface area contributed by atoms with Crippen molar-refractivity contribution >= 4 is 35.1 Å². The monoisotopic (exact) mass is 452 g/mol. The Balaban J connectivity index is 1.40. The van der Waals surface area contributed by atoms with E-state index in [0.717, 1.165) is 0 Å². The Morgan fingerprint density at radius 3 is 1.03 bits per heavy atom. The largest absolute Gasteiger partial charge is 0.274 e. The van der Waals surface area contributed by atoms with E-state index in [1.54, 1.807) is 73.3 Å². The summed E-state index contributed by atoms with van der Waals surface area (Å²) in [6.07, 6.45) is 8.16. The standard InChI is InChI=1S/C26H24N6O2/c33-25(31(21-11-3-7-17-27-21)22-12-4-8-18-28-22)15-1-2-16-26(34)32(23-13-5-9-19-29-23)24-14-6-10-20-30-24/h3-14,17-20H,1-2,15-16H2. The van der Waals surface area contributed by atoms with Gasteiger partial charge < -0.3 is 0 Å². The van der Waals surface area contributed by atoms with Gasteiger partial charge in [-0.05, 0) is 61.4 Å². The van der Waals surface area contributed by atoms with Crippen molar-refractivity contribution in [2.75, 3.05) is 9.80 Å². The molecule has 4 rings (SSSR count). The lowest BCUT2D eigenvalue weighted by atomic mass is 10.1. The summed E-state index contributed by atoms with van der Waals surface area (Å²) in [6.45, 7) is 0. The molecule has 8 heteroatoms. The van der Waals surface area contributed by atoms with E-state index >= 15 is 0 Å². The lowest BCUT2D eigenvalue weighted by molar-refractivity contribution is -0.119. The van der Waals surface area contributed by atoms with Crippen molar-refractivity contribution in [3.63, 3.8) is 0 Å². The highest BCUT2D eigenvalue weighted by atomic mass is 16.2. The first-order valence-corrected chi connectivity index (χ1v) is 11.0. The number of nitrogens with zero attached hydrogens (tertiary/aromatic N) is 6. The van der Waals surface area contributed by atoms with Gasteiger partial charge >= 0.3 is 0 Å². The van der Waals surface area contributed by atoms with E-state index in [1.807, 2.05) is 24.3 Å². The van der Waals surface area contributed by atoms with E-state index in [-0.39, 0.29) is 24.7 Å². The molecule has 2 amide bonds. The Bertz CT molecular complexity index is 1020. The molecule has 34 heavy (non-hydrogen) atoms. The van der Waals surface area contributed by atoms with Crippen LogP contribution >= 0.6 is 0 Å². The number of pyridine rings is 4. The summed E-state index contributed by atoms with van der Waals surface area (Å²) >= 11 is 0. The second kappa shape index (κ2) is 11.4. The summed E-state index contributed by atoms with van der Waals surface area (Å²) in [7, 11) is 0. The number of carbonyl (C=O) groups excluding carboxylic acids is 2. The van der Waals surface area contributed by atoms with Gasteiger partial charge in [-0.15, -0.1) is 0 Å². The third-order valence-corrected chi connectivity index (χ3v) is 5.04. The molecule has 0 unspecified atom stereocenters. The molecule has 0 aliphatic heterocycles. The highest BCUT2D eigenvalue weighted by molar-refractivity contribution is 5.99. The molecular weight excluding hydrogens is 428 g/mol. The fraction of sp³-hybridized carbons (Fsp3) is 0.154. The zero-order valence-electron chi connectivity index (χ0n) is 18.6. The molecule has 4 aromatic heterocycles. The zero-order valence-corrected chi connectivity index (χ0v) is 18.6. The molecule has 0 bridgehead atoms. The highest BCUT2D eigenvalue weighted by Crippen LogP contribution is 2.24. The van der Waals surface area contributed by atoms with Gasteiger partial charge in [-0.2, -0.15) is 0 Å². The second-order valence-electron chi connectivity index (χ2n) is 7.42. The van der Waals surface area contributed by atoms with Crippen molar-refractivity contribution in [2.24, 2.45) is 0 Å². The van der Waals surface area contributed by atoms with E-state index in [1.165, 1.54) is 9.80 Å². The molecule has 0 aliphatic rings. The van der Waals surface area contributed by atoms with Crippen molar-refractivity contribution in [1.29, 1.82) is 0 Å². The molecular formula is C26H24N6O2. The molecule has 0 atom stereocenters. The van der Waals surface area contributed by atoms with Crippen molar-refractivity contribution in [3.8, 4) is 0 Å². The molecule has 8 nitrogen and oxygen atoms in total. The number of anilines is 4. The number of hydrogen-bond donors (Lipinski definition) is 0. The number of carbonyl (C=O) groups is 2. The summed E-state index contributed by atoms with van der Waals surface area (Å²) in [5, 5.41) is 0. The first-order chi connectivity index (χ1) is 16.7. The lowest BCUT2D eigenvalue weighted by Gasteiger charge is -2.21. The fourth-order valence-electron chi connectivity index (χ4n) is 3.47. The topological polar surface area (TPSA) is 92.2 Å². The van der Waals surface area contributed by atoms with E-state index in [9.17, 15) is 9.59 Å². The van der Waals surface area contributed by atoms with Gasteiger partial charge in [0.2, 0.25) is 11.8 Å². The van der Waals surface area contributed by atoms with Crippen LogP contribution in [0.3, 0.4) is 0 Å². The van der Waals surface area contributed by atoms with Crippen LogP contribution in [-0.4, -0.2) is 31.8 Å². The summed E-state index contributed by atoms with van der Waals surface area (Å²) in [4.78, 5) is 46.5. The Labute approximate surface area is 198 Å². The van der Waals surface area contributed by atoms with Crippen LogP contribution in [0.4, 0.5) is 23.3 Å². The lowest BCUT2D eigenvalue weighted by Crippen LogP contribution is -2.28. The average molecular weight is 453 g/mol. The Kier molecular flexibility index (Phi) is 7.63. The normalized spacial score (nSPS) is 10.5. The van der Waals surface area contributed by atoms with Crippen molar-refractivity contribution in [2.45, 2.75) is 25.7 Å². The van der Waals surface area contributed by atoms with Gasteiger partial charge in [0.1, 0.15) is 23.3 Å². The second-order valence-corrected chi connectivity index (χ2v) is 7.42. The third kappa shape index (κ3) is 5.66. The van der Waals surface area contributed by atoms with Crippen LogP contribution in [0.25, 0.3) is 0 Å². The van der Waals surface area contributed by atoms with Gasteiger partial charge in [-0.1, -0.05) is 24.3 Å². The predicted molar refractivity (Wildman–Crippen MR) is 130 cm³/mol. The molecule has 4 aromatic rings. The smallest absolute Gasteiger partial charge is 0.233 e. The Morgan fingerprint density at radius 1 is 0.500 bits per heavy atom. The van der Waals surface area contributed by atoms with Crippen molar-refractivity contribution in [1.82, 2.24) is 19.9 Å². The Hall–Kier alpha value is -4.46. The summed E-state index contributed by atoms with van der Waals surface area (Å²) in [5.41, 5.74) is 0. The van der Waals surface area contributed by atoms with Crippen LogP contribution in [0.15, 0.2) is 97.6 Å². The van der Waals surface area contributed by atoms with E-state index in [2.05, 4.69) is 19.9 Å². The minimum atomic E-state index is -0.129. The maximum absolute atomic E-state index is 13.1. The summed E-state index contributed by atoms with van der Waals surface area (Å²) in [5.74, 6) is 1.79. The first kappa shape index (κ1) is 22.7. The Morgan fingerprint density at radius 2 is 0.794 bits per heavy atom. The number of aromatic nitrogens is 4. The van der Waals surface area contributed by atoms with Gasteiger partial charge in [-0.25, -0.2) is 29.7 Å². The minimum absolute atomic E-state index is 0.129. The molecule has 0 radical (unpaired) electrons. The van der Waals surface area contributed by atoms with Crippen LogP contribution in [0.2, 0.25) is 0 Å². The number of unbranched alkanes of at least 4 members (excludes halogenated alkanes) is 1. The van der Waals surface area contributed by atoms with Gasteiger partial charge in [-0.3, -0.25) is 9.59 Å². The zero-order chi connectivity index (χ0) is 23.6. The molecule has 0 aliphatic carbocycles. The molecule has 170 valence electrons. The molecule has 0 saturated carbocycles. The van der Waals surface area contributed by atoms with Crippen LogP contribution < -0.4 is 9.80 Å². The predicted octanol–water partition coefficient (Wildman–Crippen LogP) is 4.86. The maximum Gasteiger partial charge on any atom is 0.233 e. The number of rotatable bonds is 9. The van der Waals surface area contributed by atoms with Crippen LogP contribution in [-0.2, 0) is 9.59 Å². The molecule has 0 saturated heterocycles. The minimum Gasteiger partial charge on any atom is -0.274 e. The molecule has 0 spiro atoms. The van der Waals surface area contributed by atoms with Crippen LogP contribution in [0, 0.1) is 0 Å². The van der Waals surface area contributed by atoms with E-state index in [4.69, 9.17) is 0 Å².